The van der Waals surface area contributed by atoms with Crippen molar-refractivity contribution in [2.75, 3.05) is 6.54 Å². The molecular weight excluding hydrogens is 282 g/mol. The fraction of sp³-hybridized carbons (Fsp3) is 0.438. The standard InChI is InChI=1S/C14H21N3O3.C2H6/c1-4-6-11(7-5-2)8-12(14(15)20)17-13(19)9-16-10(3)18;1-2/h4-7,12H,1,8-9H2,2-3H3,(H2,15,20)(H,16,18)(H,17,19);1-2H3/b7-5-,11-6+;. The molecule has 0 rings (SSSR count). The van der Waals surface area contributed by atoms with Crippen LogP contribution in [0.5, 0.6) is 0 Å². The first-order chi connectivity index (χ1) is 10.4. The summed E-state index contributed by atoms with van der Waals surface area (Å²) in [5.74, 6) is -1.43. The molecule has 0 aliphatic rings. The van der Waals surface area contributed by atoms with E-state index in [2.05, 4.69) is 17.2 Å². The summed E-state index contributed by atoms with van der Waals surface area (Å²) in [6.07, 6.45) is 7.20. The van der Waals surface area contributed by atoms with Crippen molar-refractivity contribution >= 4 is 17.7 Å². The van der Waals surface area contributed by atoms with E-state index < -0.39 is 17.9 Å². The number of primary amides is 1. The molecule has 1 unspecified atom stereocenters. The minimum Gasteiger partial charge on any atom is -0.368 e. The van der Waals surface area contributed by atoms with E-state index in [0.29, 0.717) is 0 Å². The Balaban J connectivity index is 0. The quantitative estimate of drug-likeness (QED) is 0.587. The summed E-state index contributed by atoms with van der Waals surface area (Å²) in [4.78, 5) is 33.6. The number of hydrogen-bond acceptors (Lipinski definition) is 3. The zero-order valence-corrected chi connectivity index (χ0v) is 13.8. The van der Waals surface area contributed by atoms with Gasteiger partial charge in [0.05, 0.1) is 6.54 Å². The number of nitrogens with one attached hydrogen (secondary N) is 2. The highest BCUT2D eigenvalue weighted by atomic mass is 16.2. The average Bonchev–Trinajstić information content (AvgIpc) is 2.47. The van der Waals surface area contributed by atoms with E-state index in [4.69, 9.17) is 5.73 Å². The van der Waals surface area contributed by atoms with Crippen LogP contribution >= 0.6 is 0 Å². The van der Waals surface area contributed by atoms with Crippen molar-refractivity contribution in [1.82, 2.24) is 10.6 Å². The number of amides is 3. The third-order valence-electron chi connectivity index (χ3n) is 2.33. The molecule has 0 spiro atoms. The van der Waals surface area contributed by atoms with Crippen molar-refractivity contribution < 1.29 is 14.4 Å². The Morgan fingerprint density at radius 3 is 2.27 bits per heavy atom. The Labute approximate surface area is 132 Å². The maximum atomic E-state index is 11.6. The Morgan fingerprint density at radius 1 is 1.27 bits per heavy atom. The molecule has 0 aromatic carbocycles. The maximum absolute atomic E-state index is 11.6. The second kappa shape index (κ2) is 13.6. The lowest BCUT2D eigenvalue weighted by molar-refractivity contribution is -0.128. The monoisotopic (exact) mass is 309 g/mol. The number of carbonyl (C=O) groups excluding carboxylic acids is 3. The van der Waals surface area contributed by atoms with Gasteiger partial charge >= 0.3 is 0 Å². The summed E-state index contributed by atoms with van der Waals surface area (Å²) in [5, 5.41) is 4.83. The van der Waals surface area contributed by atoms with Crippen LogP contribution in [0.25, 0.3) is 0 Å². The summed E-state index contributed by atoms with van der Waals surface area (Å²) in [6, 6.07) is -0.835. The van der Waals surface area contributed by atoms with Crippen molar-refractivity contribution in [3.05, 3.63) is 36.5 Å². The van der Waals surface area contributed by atoms with E-state index in [9.17, 15) is 14.4 Å². The fourth-order valence-corrected chi connectivity index (χ4v) is 1.47. The Hall–Kier alpha value is -2.37. The van der Waals surface area contributed by atoms with E-state index in [1.807, 2.05) is 26.8 Å². The molecular formula is C16H27N3O3. The number of rotatable bonds is 8. The van der Waals surface area contributed by atoms with E-state index in [1.54, 1.807) is 18.2 Å². The highest BCUT2D eigenvalue weighted by Gasteiger charge is 2.18. The summed E-state index contributed by atoms with van der Waals surface area (Å²) in [7, 11) is 0. The van der Waals surface area contributed by atoms with E-state index in [-0.39, 0.29) is 18.9 Å². The molecule has 0 bridgehead atoms. The smallest absolute Gasteiger partial charge is 0.240 e. The molecule has 22 heavy (non-hydrogen) atoms. The lowest BCUT2D eigenvalue weighted by atomic mass is 10.0. The van der Waals surface area contributed by atoms with Crippen molar-refractivity contribution in [1.29, 1.82) is 0 Å². The highest BCUT2D eigenvalue weighted by Crippen LogP contribution is 2.08. The molecule has 0 saturated carbocycles. The molecule has 124 valence electrons. The number of nitrogens with two attached hydrogens (primary N) is 1. The molecule has 3 amide bonds. The van der Waals surface area contributed by atoms with E-state index in [0.717, 1.165) is 5.57 Å². The minimum absolute atomic E-state index is 0.191. The minimum atomic E-state index is -0.835. The van der Waals surface area contributed by atoms with Gasteiger partial charge in [-0.25, -0.2) is 0 Å². The largest absolute Gasteiger partial charge is 0.368 e. The van der Waals surface area contributed by atoms with Gasteiger partial charge in [0.25, 0.3) is 0 Å². The summed E-state index contributed by atoms with van der Waals surface area (Å²) in [5.41, 5.74) is 6.07. The van der Waals surface area contributed by atoms with Gasteiger partial charge in [-0.05, 0) is 12.5 Å². The number of allylic oxidation sites excluding steroid dienone is 4. The molecule has 0 aliphatic carbocycles. The predicted octanol–water partition coefficient (Wildman–Crippen LogP) is 1.20. The molecule has 0 aromatic heterocycles. The van der Waals surface area contributed by atoms with Gasteiger partial charge in [-0.15, -0.1) is 0 Å². The van der Waals surface area contributed by atoms with Crippen LogP contribution in [0.15, 0.2) is 36.5 Å². The molecule has 0 aromatic rings. The Bertz CT molecular complexity index is 440. The van der Waals surface area contributed by atoms with Gasteiger partial charge in [0, 0.05) is 13.3 Å². The highest BCUT2D eigenvalue weighted by molar-refractivity contribution is 5.89. The van der Waals surface area contributed by atoms with Gasteiger partial charge in [0.15, 0.2) is 0 Å². The predicted molar refractivity (Wildman–Crippen MR) is 88.9 cm³/mol. The summed E-state index contributed by atoms with van der Waals surface area (Å²) in [6.45, 7) is 10.5. The van der Waals surface area contributed by atoms with Crippen LogP contribution in [0.4, 0.5) is 0 Å². The second-order valence-electron chi connectivity index (χ2n) is 4.11. The van der Waals surface area contributed by atoms with Crippen LogP contribution in [-0.2, 0) is 14.4 Å². The van der Waals surface area contributed by atoms with Gasteiger partial charge in [-0.3, -0.25) is 14.4 Å². The van der Waals surface area contributed by atoms with Gasteiger partial charge < -0.3 is 16.4 Å². The zero-order valence-electron chi connectivity index (χ0n) is 13.8. The average molecular weight is 309 g/mol. The molecule has 0 saturated heterocycles. The first kappa shape index (κ1) is 21.9. The van der Waals surface area contributed by atoms with Gasteiger partial charge in [-0.2, -0.15) is 0 Å². The Kier molecular flexibility index (Phi) is 13.6. The molecule has 0 fully saturated rings. The number of hydrogen-bond donors (Lipinski definition) is 3. The van der Waals surface area contributed by atoms with Crippen molar-refractivity contribution in [2.24, 2.45) is 5.73 Å². The van der Waals surface area contributed by atoms with E-state index in [1.165, 1.54) is 6.92 Å². The molecule has 0 aliphatic heterocycles. The van der Waals surface area contributed by atoms with Gasteiger partial charge in [0.1, 0.15) is 6.04 Å². The van der Waals surface area contributed by atoms with Gasteiger partial charge in [0.2, 0.25) is 17.7 Å². The van der Waals surface area contributed by atoms with Gasteiger partial charge in [-0.1, -0.05) is 44.7 Å². The van der Waals surface area contributed by atoms with Crippen molar-refractivity contribution in [2.45, 2.75) is 40.2 Å². The lowest BCUT2D eigenvalue weighted by Crippen LogP contribution is -2.47. The normalized spacial score (nSPS) is 11.9. The topological polar surface area (TPSA) is 101 Å². The first-order valence-electron chi connectivity index (χ1n) is 7.18. The molecule has 6 heteroatoms. The van der Waals surface area contributed by atoms with Crippen LogP contribution in [0, 0.1) is 0 Å². The van der Waals surface area contributed by atoms with Crippen LogP contribution in [-0.4, -0.2) is 30.3 Å². The first-order valence-corrected chi connectivity index (χ1v) is 7.18. The fourth-order valence-electron chi connectivity index (χ4n) is 1.47. The van der Waals surface area contributed by atoms with Crippen LogP contribution in [0.1, 0.15) is 34.1 Å². The Morgan fingerprint density at radius 2 is 1.86 bits per heavy atom. The second-order valence-corrected chi connectivity index (χ2v) is 4.11. The lowest BCUT2D eigenvalue weighted by Gasteiger charge is -2.16. The van der Waals surface area contributed by atoms with Crippen LogP contribution < -0.4 is 16.4 Å². The molecule has 1 atom stereocenters. The maximum Gasteiger partial charge on any atom is 0.240 e. The third-order valence-corrected chi connectivity index (χ3v) is 2.33. The van der Waals surface area contributed by atoms with Crippen LogP contribution in [0.2, 0.25) is 0 Å². The van der Waals surface area contributed by atoms with E-state index >= 15 is 0 Å². The molecule has 0 heterocycles. The summed E-state index contributed by atoms with van der Waals surface area (Å²) >= 11 is 0. The number of carbonyl (C=O) groups is 3. The van der Waals surface area contributed by atoms with Crippen molar-refractivity contribution in [3.63, 3.8) is 0 Å². The van der Waals surface area contributed by atoms with Crippen molar-refractivity contribution in [3.8, 4) is 0 Å². The SMILES string of the molecule is C=C/C=C(\C=C/C)CC(NC(=O)CNC(C)=O)C(N)=O.CC. The summed E-state index contributed by atoms with van der Waals surface area (Å²) < 4.78 is 0. The molecule has 4 N–H and O–H groups in total. The van der Waals surface area contributed by atoms with Crippen LogP contribution in [0.3, 0.4) is 0 Å². The third kappa shape index (κ3) is 11.5. The molecule has 6 nitrogen and oxygen atoms in total. The molecule has 0 radical (unpaired) electrons. The zero-order chi connectivity index (χ0) is 17.5.